The maximum absolute atomic E-state index is 11.6. The van der Waals surface area contributed by atoms with E-state index in [4.69, 9.17) is 11.6 Å². The van der Waals surface area contributed by atoms with Crippen LogP contribution >= 0.6 is 11.6 Å². The largest absolute Gasteiger partial charge is 0.356 e. The van der Waals surface area contributed by atoms with Crippen LogP contribution < -0.4 is 16.0 Å². The van der Waals surface area contributed by atoms with Crippen LogP contribution in [0, 0.1) is 5.92 Å². The molecule has 0 radical (unpaired) electrons. The first kappa shape index (κ1) is 17.5. The van der Waals surface area contributed by atoms with Crippen molar-refractivity contribution < 1.29 is 9.59 Å². The van der Waals surface area contributed by atoms with Crippen LogP contribution in [0.5, 0.6) is 0 Å². The predicted molar refractivity (Wildman–Crippen MR) is 85.4 cm³/mol. The lowest BCUT2D eigenvalue weighted by Gasteiger charge is -2.08. The Morgan fingerprint density at radius 2 is 1.81 bits per heavy atom. The molecule has 0 unspecified atom stereocenters. The molecule has 2 amide bonds. The highest BCUT2D eigenvalue weighted by Gasteiger charge is 2.04. The van der Waals surface area contributed by atoms with Crippen molar-refractivity contribution in [2.75, 3.05) is 25.0 Å². The smallest absolute Gasteiger partial charge is 0.238 e. The maximum Gasteiger partial charge on any atom is 0.238 e. The van der Waals surface area contributed by atoms with Gasteiger partial charge in [-0.1, -0.05) is 25.4 Å². The lowest BCUT2D eigenvalue weighted by molar-refractivity contribution is -0.121. The molecule has 0 atom stereocenters. The summed E-state index contributed by atoms with van der Waals surface area (Å²) in [5, 5.41) is 9.12. The lowest BCUT2D eigenvalue weighted by Crippen LogP contribution is -2.33. The monoisotopic (exact) mass is 311 g/mol. The Kier molecular flexibility index (Phi) is 7.79. The molecule has 0 spiro atoms. The van der Waals surface area contributed by atoms with Crippen molar-refractivity contribution in [1.82, 2.24) is 10.6 Å². The molecule has 21 heavy (non-hydrogen) atoms. The van der Waals surface area contributed by atoms with Crippen LogP contribution in [0.4, 0.5) is 5.69 Å². The van der Waals surface area contributed by atoms with E-state index < -0.39 is 0 Å². The summed E-state index contributed by atoms with van der Waals surface area (Å²) in [6.07, 6.45) is 0.362. The molecule has 1 aromatic rings. The number of halogens is 1. The Morgan fingerprint density at radius 1 is 1.14 bits per heavy atom. The number of rotatable bonds is 8. The number of carbonyl (C=O) groups excluding carboxylic acids is 2. The van der Waals surface area contributed by atoms with E-state index in [1.807, 2.05) is 13.8 Å². The van der Waals surface area contributed by atoms with Crippen LogP contribution in [0.25, 0.3) is 0 Å². The Labute approximate surface area is 130 Å². The number of benzene rings is 1. The van der Waals surface area contributed by atoms with Gasteiger partial charge in [-0.3, -0.25) is 9.59 Å². The fraction of sp³-hybridized carbons (Fsp3) is 0.467. The Balaban J connectivity index is 2.13. The van der Waals surface area contributed by atoms with E-state index in [9.17, 15) is 9.59 Å². The van der Waals surface area contributed by atoms with Crippen molar-refractivity contribution in [3.8, 4) is 0 Å². The number of anilines is 1. The highest BCUT2D eigenvalue weighted by molar-refractivity contribution is 6.30. The Hall–Kier alpha value is -1.59. The van der Waals surface area contributed by atoms with Gasteiger partial charge in [-0.25, -0.2) is 0 Å². The number of carbonyl (C=O) groups is 2. The Bertz CT molecular complexity index is 460. The second-order valence-electron chi connectivity index (χ2n) is 5.18. The molecule has 0 aliphatic heterocycles. The zero-order valence-electron chi connectivity index (χ0n) is 12.4. The van der Waals surface area contributed by atoms with Gasteiger partial charge in [0.25, 0.3) is 0 Å². The number of hydrogen-bond acceptors (Lipinski definition) is 3. The average Bonchev–Trinajstić information content (AvgIpc) is 2.44. The number of amides is 2. The fourth-order valence-electron chi connectivity index (χ4n) is 1.55. The van der Waals surface area contributed by atoms with Gasteiger partial charge in [-0.15, -0.1) is 0 Å². The van der Waals surface area contributed by atoms with Crippen molar-refractivity contribution in [1.29, 1.82) is 0 Å². The first-order valence-corrected chi connectivity index (χ1v) is 7.38. The van der Waals surface area contributed by atoms with Crippen LogP contribution in [0.15, 0.2) is 24.3 Å². The normalized spacial score (nSPS) is 10.5. The quantitative estimate of drug-likeness (QED) is 0.643. The van der Waals surface area contributed by atoms with E-state index in [1.165, 1.54) is 0 Å². The van der Waals surface area contributed by atoms with Crippen molar-refractivity contribution in [2.24, 2.45) is 5.92 Å². The van der Waals surface area contributed by atoms with Gasteiger partial charge in [0.05, 0.1) is 6.54 Å². The fourth-order valence-corrected chi connectivity index (χ4v) is 1.67. The van der Waals surface area contributed by atoms with Gasteiger partial charge >= 0.3 is 0 Å². The average molecular weight is 312 g/mol. The molecule has 0 bridgehead atoms. The highest BCUT2D eigenvalue weighted by atomic mass is 35.5. The minimum Gasteiger partial charge on any atom is -0.356 e. The predicted octanol–water partition coefficient (Wildman–Crippen LogP) is 2.03. The third-order valence-electron chi connectivity index (χ3n) is 2.65. The second kappa shape index (κ2) is 9.37. The molecule has 0 aliphatic rings. The molecule has 0 saturated heterocycles. The number of hydrogen-bond donors (Lipinski definition) is 3. The van der Waals surface area contributed by atoms with Crippen LogP contribution in [-0.4, -0.2) is 31.4 Å². The van der Waals surface area contributed by atoms with Crippen molar-refractivity contribution in [3.63, 3.8) is 0 Å². The van der Waals surface area contributed by atoms with E-state index in [1.54, 1.807) is 24.3 Å². The first-order chi connectivity index (χ1) is 9.97. The van der Waals surface area contributed by atoms with Gasteiger partial charge < -0.3 is 16.0 Å². The first-order valence-electron chi connectivity index (χ1n) is 7.00. The molecule has 1 aromatic carbocycles. The molecule has 5 nitrogen and oxygen atoms in total. The zero-order chi connectivity index (χ0) is 15.7. The lowest BCUT2D eigenvalue weighted by atomic mass is 10.2. The summed E-state index contributed by atoms with van der Waals surface area (Å²) in [5.41, 5.74) is 0.695. The molecule has 0 fully saturated rings. The van der Waals surface area contributed by atoms with Gasteiger partial charge in [0, 0.05) is 30.2 Å². The molecule has 1 rings (SSSR count). The molecular formula is C15H22ClN3O2. The van der Waals surface area contributed by atoms with E-state index >= 15 is 0 Å². The van der Waals surface area contributed by atoms with Gasteiger partial charge in [0.15, 0.2) is 0 Å². The molecule has 116 valence electrons. The van der Waals surface area contributed by atoms with Crippen LogP contribution in [0.2, 0.25) is 5.02 Å². The molecule has 0 heterocycles. The van der Waals surface area contributed by atoms with E-state index in [-0.39, 0.29) is 18.4 Å². The SMILES string of the molecule is CC(C)CNC(=O)CCNCC(=O)Nc1ccc(Cl)cc1. The molecular weight excluding hydrogens is 290 g/mol. The van der Waals surface area contributed by atoms with E-state index in [2.05, 4.69) is 16.0 Å². The molecule has 0 aromatic heterocycles. The topological polar surface area (TPSA) is 70.2 Å². The van der Waals surface area contributed by atoms with Crippen molar-refractivity contribution in [3.05, 3.63) is 29.3 Å². The summed E-state index contributed by atoms with van der Waals surface area (Å²) in [7, 11) is 0. The molecule has 0 aliphatic carbocycles. The van der Waals surface area contributed by atoms with Gasteiger partial charge in [0.2, 0.25) is 11.8 Å². The molecule has 3 N–H and O–H groups in total. The van der Waals surface area contributed by atoms with Crippen LogP contribution in [0.3, 0.4) is 0 Å². The Morgan fingerprint density at radius 3 is 2.43 bits per heavy atom. The van der Waals surface area contributed by atoms with Crippen LogP contribution in [-0.2, 0) is 9.59 Å². The summed E-state index contributed by atoms with van der Waals surface area (Å²) < 4.78 is 0. The highest BCUT2D eigenvalue weighted by Crippen LogP contribution is 2.12. The summed E-state index contributed by atoms with van der Waals surface area (Å²) in [5.74, 6) is 0.279. The summed E-state index contributed by atoms with van der Waals surface area (Å²) in [4.78, 5) is 23.1. The van der Waals surface area contributed by atoms with Gasteiger partial charge in [-0.2, -0.15) is 0 Å². The van der Waals surface area contributed by atoms with E-state index in [0.717, 1.165) is 0 Å². The summed E-state index contributed by atoms with van der Waals surface area (Å²) in [6.45, 7) is 5.40. The maximum atomic E-state index is 11.6. The minimum atomic E-state index is -0.153. The van der Waals surface area contributed by atoms with Gasteiger partial charge in [-0.05, 0) is 30.2 Å². The minimum absolute atomic E-state index is 0.00527. The number of nitrogens with one attached hydrogen (secondary N) is 3. The molecule has 6 heteroatoms. The summed E-state index contributed by atoms with van der Waals surface area (Å²) in [6, 6.07) is 6.90. The summed E-state index contributed by atoms with van der Waals surface area (Å²) >= 11 is 5.76. The second-order valence-corrected chi connectivity index (χ2v) is 5.62. The third-order valence-corrected chi connectivity index (χ3v) is 2.90. The third kappa shape index (κ3) is 8.32. The zero-order valence-corrected chi connectivity index (χ0v) is 13.2. The van der Waals surface area contributed by atoms with E-state index in [0.29, 0.717) is 36.1 Å². The standard InChI is InChI=1S/C15H22ClN3O2/c1-11(2)9-18-14(20)7-8-17-10-15(21)19-13-5-3-12(16)4-6-13/h3-6,11,17H,7-10H2,1-2H3,(H,18,20)(H,19,21). The van der Waals surface area contributed by atoms with Crippen molar-refractivity contribution >= 4 is 29.1 Å². The molecule has 0 saturated carbocycles. The van der Waals surface area contributed by atoms with Crippen LogP contribution in [0.1, 0.15) is 20.3 Å². The van der Waals surface area contributed by atoms with Gasteiger partial charge in [0.1, 0.15) is 0 Å². The van der Waals surface area contributed by atoms with Crippen molar-refractivity contribution in [2.45, 2.75) is 20.3 Å².